The van der Waals surface area contributed by atoms with Gasteiger partial charge in [0, 0.05) is 48.8 Å². The predicted molar refractivity (Wildman–Crippen MR) is 404 cm³/mol. The van der Waals surface area contributed by atoms with Gasteiger partial charge in [0.05, 0.1) is 19.6 Å². The van der Waals surface area contributed by atoms with Gasteiger partial charge in [-0.2, -0.15) is 35.3 Å². The van der Waals surface area contributed by atoms with Crippen molar-refractivity contribution < 1.29 is 72.5 Å². The summed E-state index contributed by atoms with van der Waals surface area (Å²) in [5.74, 6) is -13.0. The van der Waals surface area contributed by atoms with Crippen molar-refractivity contribution >= 4 is 129 Å². The molecule has 0 radical (unpaired) electrons. The van der Waals surface area contributed by atoms with Crippen molar-refractivity contribution in [3.8, 4) is 11.1 Å². The van der Waals surface area contributed by atoms with Crippen LogP contribution in [0.5, 0.6) is 0 Å². The quantitative estimate of drug-likeness (QED) is 0.0108. The van der Waals surface area contributed by atoms with Gasteiger partial charge in [0.25, 0.3) is 0 Å². The standard InChI is InChI=1S/C72H94N16O15S3/c1-40(2)61(71(103)83-52(27-29-104-3)67(99)85-55(33-58(74)90)64(96)79-34-59(91)80-53(62(75)94)32-44-21-24-46-12-7-8-13-48(46)30-44)88-70(102)57-39-106-37-43-17-15-42(16-18-43)36-105-38-56(86-63(95)49(73)35-89)69(101)82-51(25-26-60(92)93)66(98)84-54(31-41-19-22-47(23-20-41)45-10-5-4-6-11-45)68(100)81-50(65(97)87-57)14-9-28-78-72(76)77/h4-8,10-13,15-24,30,40,49-57,61,89H,9,14,25-29,31-39,73H2,1-3H3,(H2,74,90)(H2,75,94)(H,79,96)(H,80,91)(H,81,100)(H,82,101)(H,83,103)(H,84,98)(H,85,99)(H,86,95)(H,87,97)(H,88,102)(H,92,93)(H4,76,77,78)/t49-,50-,51-,52?,53-,54-,55-,56-,57-,61-/m0/s1. The number of nitrogens with one attached hydrogen (secondary N) is 12. The van der Waals surface area contributed by atoms with E-state index in [9.17, 15) is 63.0 Å². The van der Waals surface area contributed by atoms with E-state index in [4.69, 9.17) is 28.3 Å². The lowest BCUT2D eigenvalue weighted by atomic mass is 9.99. The molecule has 2 aliphatic rings. The highest BCUT2D eigenvalue weighted by atomic mass is 32.2. The van der Waals surface area contributed by atoms with Crippen LogP contribution in [0.4, 0.5) is 0 Å². The fourth-order valence-electron chi connectivity index (χ4n) is 11.0. The minimum Gasteiger partial charge on any atom is -0.481 e. The topological polar surface area (TPSA) is 523 Å². The summed E-state index contributed by atoms with van der Waals surface area (Å²) in [6.45, 7) is 1.74. The number of hydrogen-bond acceptors (Lipinski definition) is 19. The first-order valence-electron chi connectivity index (χ1n) is 34.2. The molecule has 0 aromatic heterocycles. The summed E-state index contributed by atoms with van der Waals surface area (Å²) >= 11 is 3.74. The Morgan fingerprint density at radius 3 is 1.83 bits per heavy atom. The van der Waals surface area contributed by atoms with Gasteiger partial charge >= 0.3 is 5.97 Å². The number of carboxylic acid groups (broad SMARTS) is 1. The first-order chi connectivity index (χ1) is 50.6. The average molecular weight is 1520 g/mol. The molecular formula is C72H94N16O15S3. The van der Waals surface area contributed by atoms with Crippen LogP contribution in [0.15, 0.2) is 121 Å². The van der Waals surface area contributed by atoms with Crippen LogP contribution in [-0.2, 0) is 86.7 Å². The van der Waals surface area contributed by atoms with Crippen LogP contribution in [0.25, 0.3) is 21.9 Å². The molecule has 12 amide bonds. The lowest BCUT2D eigenvalue weighted by Crippen LogP contribution is -2.61. The van der Waals surface area contributed by atoms with Crippen LogP contribution < -0.4 is 81.4 Å². The van der Waals surface area contributed by atoms with E-state index in [1.165, 1.54) is 35.3 Å². The summed E-state index contributed by atoms with van der Waals surface area (Å²) < 4.78 is 0. The summed E-state index contributed by atoms with van der Waals surface area (Å²) in [6, 6.07) is 21.8. The molecule has 0 saturated heterocycles. The van der Waals surface area contributed by atoms with E-state index in [2.05, 4.69) is 58.5 Å². The van der Waals surface area contributed by atoms with E-state index >= 15 is 9.59 Å². The maximum atomic E-state index is 15.1. The van der Waals surface area contributed by atoms with Crippen LogP contribution in [0, 0.1) is 11.3 Å². The molecule has 5 aromatic rings. The van der Waals surface area contributed by atoms with Gasteiger partial charge in [0.2, 0.25) is 70.9 Å². The number of amides is 12. The fraction of sp³-hybridized carbons (Fsp3) is 0.417. The van der Waals surface area contributed by atoms with Gasteiger partial charge in [-0.15, -0.1) is 0 Å². The normalized spacial score (nSPS) is 18.3. The molecule has 10 atom stereocenters. The number of aliphatic hydroxyl groups is 1. The van der Waals surface area contributed by atoms with Crippen molar-refractivity contribution in [3.05, 3.63) is 144 Å². The molecule has 7 rings (SSSR count). The van der Waals surface area contributed by atoms with Gasteiger partial charge in [0.1, 0.15) is 60.4 Å². The van der Waals surface area contributed by atoms with Crippen LogP contribution in [-0.4, -0.2) is 197 Å². The Hall–Kier alpha value is -10.3. The van der Waals surface area contributed by atoms with Crippen molar-refractivity contribution in [1.29, 1.82) is 5.41 Å². The van der Waals surface area contributed by atoms with Gasteiger partial charge in [-0.25, -0.2) is 0 Å². The second kappa shape index (κ2) is 43.2. The number of fused-ring (bicyclic) bond motifs is 21. The van der Waals surface area contributed by atoms with Gasteiger partial charge in [-0.1, -0.05) is 135 Å². The summed E-state index contributed by atoms with van der Waals surface area (Å²) in [6.07, 6.45) is -0.559. The van der Waals surface area contributed by atoms with E-state index in [0.717, 1.165) is 33.0 Å². The number of benzene rings is 5. The van der Waals surface area contributed by atoms with Crippen molar-refractivity contribution in [1.82, 2.24) is 58.5 Å². The third-order valence-corrected chi connectivity index (χ3v) is 19.7. The zero-order valence-corrected chi connectivity index (χ0v) is 61.4. The fourth-order valence-corrected chi connectivity index (χ4v) is 13.5. The zero-order valence-electron chi connectivity index (χ0n) is 58.9. The van der Waals surface area contributed by atoms with Crippen molar-refractivity contribution in [2.45, 2.75) is 137 Å². The van der Waals surface area contributed by atoms with E-state index in [-0.39, 0.29) is 67.4 Å². The Balaban J connectivity index is 1.28. The minimum absolute atomic E-state index is 0.0193. The van der Waals surface area contributed by atoms with Crippen LogP contribution in [0.3, 0.4) is 0 Å². The lowest BCUT2D eigenvalue weighted by Gasteiger charge is -2.29. The number of hydrogen-bond donors (Lipinski definition) is 18. The third-order valence-electron chi connectivity index (χ3n) is 16.8. The molecule has 0 saturated carbocycles. The second-order valence-electron chi connectivity index (χ2n) is 25.6. The van der Waals surface area contributed by atoms with E-state index in [1.54, 1.807) is 74.7 Å². The van der Waals surface area contributed by atoms with Crippen molar-refractivity contribution in [2.75, 3.05) is 43.2 Å². The van der Waals surface area contributed by atoms with Gasteiger partial charge in [0.15, 0.2) is 5.96 Å². The number of nitrogens with two attached hydrogens (primary N) is 4. The summed E-state index contributed by atoms with van der Waals surface area (Å²) in [5, 5.41) is 57.7. The van der Waals surface area contributed by atoms with Crippen LogP contribution >= 0.6 is 35.3 Å². The maximum absolute atomic E-state index is 15.1. The van der Waals surface area contributed by atoms with Crippen molar-refractivity contribution in [3.63, 3.8) is 0 Å². The molecule has 1 unspecified atom stereocenters. The Kier molecular flexibility index (Phi) is 34.5. The molecule has 2 bridgehead atoms. The number of carboxylic acids is 1. The second-order valence-corrected chi connectivity index (χ2v) is 28.6. The molecule has 0 fully saturated rings. The average Bonchev–Trinajstić information content (AvgIpc) is 0.877. The molecule has 31 nitrogen and oxygen atoms in total. The number of primary amides is 2. The molecule has 2 aliphatic heterocycles. The molecular weight excluding hydrogens is 1430 g/mol. The highest BCUT2D eigenvalue weighted by Crippen LogP contribution is 2.23. The highest BCUT2D eigenvalue weighted by Gasteiger charge is 2.37. The van der Waals surface area contributed by atoms with Gasteiger partial charge in [-0.05, 0) is 87.8 Å². The van der Waals surface area contributed by atoms with Crippen LogP contribution in [0.2, 0.25) is 0 Å². The van der Waals surface area contributed by atoms with E-state index in [0.29, 0.717) is 11.1 Å². The first-order valence-corrected chi connectivity index (χ1v) is 37.9. The summed E-state index contributed by atoms with van der Waals surface area (Å²) in [4.78, 5) is 180. The number of rotatable bonds is 32. The number of guanidine groups is 1. The van der Waals surface area contributed by atoms with E-state index in [1.807, 2.05) is 66.7 Å². The molecule has 5 aromatic carbocycles. The summed E-state index contributed by atoms with van der Waals surface area (Å²) in [7, 11) is 0. The smallest absolute Gasteiger partial charge is 0.303 e. The highest BCUT2D eigenvalue weighted by molar-refractivity contribution is 7.99. The number of carbonyl (C=O) groups excluding carboxylic acids is 12. The minimum atomic E-state index is -1.68. The number of carbonyl (C=O) groups is 13. The molecule has 34 heteroatoms. The Bertz CT molecular complexity index is 3900. The third kappa shape index (κ3) is 28.3. The Morgan fingerprint density at radius 2 is 1.21 bits per heavy atom. The first kappa shape index (κ1) is 84.6. The molecule has 0 aliphatic carbocycles. The zero-order chi connectivity index (χ0) is 77.4. The number of aliphatic carboxylic acids is 1. The predicted octanol–water partition coefficient (Wildman–Crippen LogP) is -0.831. The summed E-state index contributed by atoms with van der Waals surface area (Å²) in [5.41, 5.74) is 27.0. The van der Waals surface area contributed by atoms with E-state index < -0.39 is 182 Å². The molecule has 22 N–H and O–H groups in total. The monoisotopic (exact) mass is 1520 g/mol. The van der Waals surface area contributed by atoms with Gasteiger partial charge in [-0.3, -0.25) is 67.7 Å². The molecule has 106 heavy (non-hydrogen) atoms. The molecule has 570 valence electrons. The van der Waals surface area contributed by atoms with Crippen molar-refractivity contribution in [2.24, 2.45) is 28.9 Å². The SMILES string of the molecule is CSCCC(NC(=O)[C@@H](NC(=O)[C@@H]1CSCc2ccc(cc2)CSC[C@H](NC(=O)[C@@H](N)CO)C(=O)N[C@@H](CCC(=O)O)C(=O)N[C@@H](Cc2ccc(-c3ccccc3)cc2)C(=O)N[C@@H](CCCNC(=N)N)C(=O)N1)C(C)C)C(=O)N[C@@H](CC(N)=O)C(=O)NCC(=O)N[C@@H](Cc1ccc2ccccc2c1)C(N)=O. The molecule has 0 spiro atoms. The Labute approximate surface area is 625 Å². The molecule has 2 heterocycles. The number of aliphatic hydroxyl groups excluding tert-OH is 1. The lowest BCUT2D eigenvalue weighted by molar-refractivity contribution is -0.138. The Morgan fingerprint density at radius 1 is 0.623 bits per heavy atom. The largest absolute Gasteiger partial charge is 0.481 e. The number of thioether (sulfide) groups is 3. The van der Waals surface area contributed by atoms with Gasteiger partial charge < -0.3 is 91.6 Å². The van der Waals surface area contributed by atoms with Crippen LogP contribution in [0.1, 0.15) is 74.6 Å². The maximum Gasteiger partial charge on any atom is 0.303 e.